The first-order valence-electron chi connectivity index (χ1n) is 10.5. The van der Waals surface area contributed by atoms with Crippen molar-refractivity contribution in [1.29, 1.82) is 0 Å². The highest BCUT2D eigenvalue weighted by Gasteiger charge is 2.35. The first-order chi connectivity index (χ1) is 15.1. The number of carbonyl (C=O) groups is 1. The second-order valence-electron chi connectivity index (χ2n) is 7.10. The van der Waals surface area contributed by atoms with E-state index >= 15 is 0 Å². The number of nitrogens with one attached hydrogen (secondary N) is 1. The van der Waals surface area contributed by atoms with Crippen LogP contribution in [0.3, 0.4) is 0 Å². The number of para-hydroxylation sites is 1. The van der Waals surface area contributed by atoms with Gasteiger partial charge in [-0.1, -0.05) is 36.9 Å². The number of rotatable bonds is 6. The summed E-state index contributed by atoms with van der Waals surface area (Å²) in [5.74, 6) is 1.36. The molecule has 2 aromatic carbocycles. The number of hydrazone groups is 1. The van der Waals surface area contributed by atoms with Crippen molar-refractivity contribution in [1.82, 2.24) is 10.3 Å². The zero-order valence-electron chi connectivity index (χ0n) is 18.3. The summed E-state index contributed by atoms with van der Waals surface area (Å²) in [6, 6.07) is 13.8. The summed E-state index contributed by atoms with van der Waals surface area (Å²) >= 11 is 1.50. The van der Waals surface area contributed by atoms with Crippen molar-refractivity contribution in [3.63, 3.8) is 0 Å². The molecule has 2 aliphatic heterocycles. The molecular formula is C23H27N5O2S. The van der Waals surface area contributed by atoms with Crippen molar-refractivity contribution in [3.05, 3.63) is 58.6 Å². The highest BCUT2D eigenvalue weighted by atomic mass is 32.2. The Kier molecular flexibility index (Phi) is 6.18. The van der Waals surface area contributed by atoms with Crippen LogP contribution < -0.4 is 25.5 Å². The molecule has 4 rings (SSSR count). The number of benzene rings is 2. The number of hydrogen-bond donors (Lipinski definition) is 1. The van der Waals surface area contributed by atoms with E-state index in [1.165, 1.54) is 11.8 Å². The second-order valence-corrected chi connectivity index (χ2v) is 8.36. The normalized spacial score (nSPS) is 17.2. The van der Waals surface area contributed by atoms with E-state index in [1.54, 1.807) is 12.1 Å². The summed E-state index contributed by atoms with van der Waals surface area (Å²) in [5.41, 5.74) is 2.46. The molecule has 31 heavy (non-hydrogen) atoms. The number of nitrogens with zero attached hydrogens (tertiary/aromatic N) is 4. The van der Waals surface area contributed by atoms with Gasteiger partial charge >= 0.3 is 0 Å². The molecule has 2 aliphatic rings. The van der Waals surface area contributed by atoms with Crippen molar-refractivity contribution >= 4 is 34.2 Å². The molecule has 0 radical (unpaired) electrons. The maximum atomic E-state index is 13.1. The van der Waals surface area contributed by atoms with Crippen LogP contribution in [-0.4, -0.2) is 42.0 Å². The van der Waals surface area contributed by atoms with Gasteiger partial charge in [-0.2, -0.15) is 0 Å². The summed E-state index contributed by atoms with van der Waals surface area (Å²) in [5, 5.41) is 11.5. The minimum atomic E-state index is -0.496. The topological polar surface area (TPSA) is 69.5 Å². The van der Waals surface area contributed by atoms with Crippen LogP contribution in [0.2, 0.25) is 0 Å². The maximum absolute atomic E-state index is 13.1. The third kappa shape index (κ3) is 3.87. The fourth-order valence-electron chi connectivity index (χ4n) is 3.93. The Hall–Kier alpha value is -3.00. The predicted octanol–water partition coefficient (Wildman–Crippen LogP) is 2.44. The lowest BCUT2D eigenvalue weighted by atomic mass is 10.1. The number of ether oxygens (including phenoxy) is 1. The molecule has 0 fully saturated rings. The molecule has 162 valence electrons. The van der Waals surface area contributed by atoms with Crippen LogP contribution in [-0.2, 0) is 4.79 Å². The van der Waals surface area contributed by atoms with E-state index in [2.05, 4.69) is 30.1 Å². The predicted molar refractivity (Wildman–Crippen MR) is 125 cm³/mol. The number of hydrogen-bond acceptors (Lipinski definition) is 7. The zero-order chi connectivity index (χ0) is 22.0. The van der Waals surface area contributed by atoms with Gasteiger partial charge < -0.3 is 9.64 Å². The smallest absolute Gasteiger partial charge is 0.276 e. The number of anilines is 1. The van der Waals surface area contributed by atoms with Gasteiger partial charge in [-0.25, -0.2) is 5.01 Å². The molecule has 8 heteroatoms. The fourth-order valence-corrected chi connectivity index (χ4v) is 4.51. The number of amidine groups is 1. The number of thioether (sulfide) groups is 1. The Morgan fingerprint density at radius 1 is 1.16 bits per heavy atom. The van der Waals surface area contributed by atoms with Gasteiger partial charge in [0.1, 0.15) is 11.4 Å². The molecule has 1 N–H and O–H groups in total. The molecule has 7 nitrogen and oxygen atoms in total. The van der Waals surface area contributed by atoms with Crippen LogP contribution in [0.4, 0.5) is 5.69 Å². The molecular weight excluding hydrogens is 410 g/mol. The average Bonchev–Trinajstić information content (AvgIpc) is 2.79. The fraction of sp³-hybridized carbons (Fsp3) is 0.348. The number of amides is 1. The molecule has 0 aromatic heterocycles. The van der Waals surface area contributed by atoms with Crippen molar-refractivity contribution in [3.8, 4) is 5.75 Å². The number of carbonyl (C=O) groups excluding carboxylic acids is 1. The van der Waals surface area contributed by atoms with E-state index in [-0.39, 0.29) is 5.91 Å². The molecule has 0 unspecified atom stereocenters. The zero-order valence-corrected chi connectivity index (χ0v) is 19.1. The van der Waals surface area contributed by atoms with E-state index in [4.69, 9.17) is 14.8 Å². The van der Waals surface area contributed by atoms with Gasteiger partial charge in [0.15, 0.2) is 11.3 Å². The molecule has 2 heterocycles. The lowest BCUT2D eigenvalue weighted by Gasteiger charge is -2.34. The van der Waals surface area contributed by atoms with Crippen LogP contribution in [0, 0.1) is 0 Å². The first kappa shape index (κ1) is 21.2. The average molecular weight is 438 g/mol. The summed E-state index contributed by atoms with van der Waals surface area (Å²) < 4.78 is 5.77. The molecule has 1 amide bonds. The van der Waals surface area contributed by atoms with Crippen molar-refractivity contribution in [2.24, 2.45) is 10.1 Å². The summed E-state index contributed by atoms with van der Waals surface area (Å²) in [4.78, 5) is 20.3. The highest BCUT2D eigenvalue weighted by Crippen LogP contribution is 2.37. The summed E-state index contributed by atoms with van der Waals surface area (Å²) in [7, 11) is 1.66. The van der Waals surface area contributed by atoms with Crippen molar-refractivity contribution in [2.75, 3.05) is 30.9 Å². The van der Waals surface area contributed by atoms with Gasteiger partial charge in [-0.15, -0.1) is 5.10 Å². The maximum Gasteiger partial charge on any atom is 0.276 e. The van der Waals surface area contributed by atoms with E-state index < -0.39 is 6.17 Å². The second kappa shape index (κ2) is 9.01. The van der Waals surface area contributed by atoms with Gasteiger partial charge in [0.25, 0.3) is 5.91 Å². The third-order valence-electron chi connectivity index (χ3n) is 5.42. The van der Waals surface area contributed by atoms with Crippen LogP contribution in [0.15, 0.2) is 52.6 Å². The molecule has 1 atom stereocenters. The van der Waals surface area contributed by atoms with Gasteiger partial charge in [-0.05, 0) is 37.8 Å². The van der Waals surface area contributed by atoms with Gasteiger partial charge in [0, 0.05) is 35.6 Å². The van der Waals surface area contributed by atoms with Crippen LogP contribution in [0.25, 0.3) is 5.70 Å². The van der Waals surface area contributed by atoms with Gasteiger partial charge in [0.05, 0.1) is 12.5 Å². The largest absolute Gasteiger partial charge is 0.496 e. The lowest BCUT2D eigenvalue weighted by Crippen LogP contribution is -2.50. The number of methoxy groups -OCH3 is 1. The Morgan fingerprint density at radius 2 is 1.94 bits per heavy atom. The quantitative estimate of drug-likeness (QED) is 0.752. The molecule has 2 aromatic rings. The highest BCUT2D eigenvalue weighted by molar-refractivity contribution is 8.13. The Bertz CT molecular complexity index is 1140. The van der Waals surface area contributed by atoms with Crippen molar-refractivity contribution < 1.29 is 9.53 Å². The Labute approximate surface area is 186 Å². The summed E-state index contributed by atoms with van der Waals surface area (Å²) in [6.07, 6.45) is -0.496. The molecule has 0 saturated heterocycles. The summed E-state index contributed by atoms with van der Waals surface area (Å²) in [6.45, 7) is 8.11. The molecule has 0 saturated carbocycles. The first-order valence-corrected chi connectivity index (χ1v) is 11.5. The van der Waals surface area contributed by atoms with Gasteiger partial charge in [-0.3, -0.25) is 15.1 Å². The Morgan fingerprint density at radius 3 is 2.65 bits per heavy atom. The van der Waals surface area contributed by atoms with Crippen molar-refractivity contribution in [2.45, 2.75) is 26.9 Å². The Balaban J connectivity index is 1.89. The van der Waals surface area contributed by atoms with E-state index in [9.17, 15) is 4.79 Å². The minimum absolute atomic E-state index is 0.169. The van der Waals surface area contributed by atoms with E-state index in [0.717, 1.165) is 46.4 Å². The van der Waals surface area contributed by atoms with E-state index in [1.807, 2.05) is 43.3 Å². The molecule has 0 spiro atoms. The monoisotopic (exact) mass is 437 g/mol. The van der Waals surface area contributed by atoms with E-state index in [0.29, 0.717) is 10.9 Å². The molecule has 0 aliphatic carbocycles. The van der Waals surface area contributed by atoms with Crippen LogP contribution >= 0.6 is 11.8 Å². The standard InChI is InChI=1S/C23H27N5O2S/c1-5-27(6-2)15-12-13-17(19(14-15)30-4)21-24-18-11-9-8-10-16(18)20-22(29)25-23(31-7-3)26-28(20)21/h8-14,21H,5-7H2,1-4H3,(H,25,26,29)/t21-/m1/s1. The minimum Gasteiger partial charge on any atom is -0.496 e. The molecule has 0 bridgehead atoms. The number of fused-ring (bicyclic) bond motifs is 2. The third-order valence-corrected chi connectivity index (χ3v) is 6.17. The van der Waals surface area contributed by atoms with Gasteiger partial charge in [0.2, 0.25) is 0 Å². The SMILES string of the molecule is CCSC1=NN2C(=c3ccccc3=N[C@H]2c2ccc(N(CC)CC)cc2OC)C(=O)N1. The van der Waals surface area contributed by atoms with Crippen LogP contribution in [0.1, 0.15) is 32.5 Å². The van der Waals surface area contributed by atoms with Crippen LogP contribution in [0.5, 0.6) is 5.75 Å². The lowest BCUT2D eigenvalue weighted by molar-refractivity contribution is -0.116.